The summed E-state index contributed by atoms with van der Waals surface area (Å²) in [5, 5.41) is -0.494. The van der Waals surface area contributed by atoms with Crippen LogP contribution in [0.5, 0.6) is 0 Å². The van der Waals surface area contributed by atoms with Gasteiger partial charge in [-0.3, -0.25) is 9.59 Å². The van der Waals surface area contributed by atoms with Gasteiger partial charge in [-0.15, -0.1) is 23.4 Å². The summed E-state index contributed by atoms with van der Waals surface area (Å²) in [7, 11) is 0. The van der Waals surface area contributed by atoms with Gasteiger partial charge < -0.3 is 14.2 Å². The topological polar surface area (TPSA) is 53.8 Å². The first kappa shape index (κ1) is 15.7. The third kappa shape index (κ3) is 2.86. The molecule has 3 rings (SSSR count). The zero-order chi connectivity index (χ0) is 15.7. The molecule has 22 heavy (non-hydrogen) atoms. The highest BCUT2D eigenvalue weighted by atomic mass is 35.5. The van der Waals surface area contributed by atoms with Crippen molar-refractivity contribution >= 4 is 35.2 Å². The van der Waals surface area contributed by atoms with Crippen LogP contribution in [0.4, 0.5) is 0 Å². The first-order valence-electron chi connectivity index (χ1n) is 7.41. The van der Waals surface area contributed by atoms with Crippen molar-refractivity contribution < 1.29 is 14.0 Å². The average molecular weight is 343 g/mol. The number of hydrogen-bond acceptors (Lipinski definition) is 4. The predicted molar refractivity (Wildman–Crippen MR) is 85.6 cm³/mol. The molecule has 0 saturated carbocycles. The fourth-order valence-electron chi connectivity index (χ4n) is 3.11. The van der Waals surface area contributed by atoms with E-state index in [1.54, 1.807) is 29.8 Å². The number of piperidine rings is 1. The fourth-order valence-corrected chi connectivity index (χ4v) is 4.59. The van der Waals surface area contributed by atoms with Crippen LogP contribution in [0.2, 0.25) is 0 Å². The van der Waals surface area contributed by atoms with Crippen LogP contribution in [0.15, 0.2) is 22.8 Å². The Labute approximate surface area is 138 Å². The Bertz CT molecular complexity index is 553. The molecule has 0 aliphatic carbocycles. The van der Waals surface area contributed by atoms with Crippen molar-refractivity contribution in [3.05, 3.63) is 24.2 Å². The maximum absolute atomic E-state index is 12.3. The molecular formula is C15H19ClN2O3S. The van der Waals surface area contributed by atoms with Crippen LogP contribution in [-0.4, -0.2) is 50.7 Å². The minimum Gasteiger partial charge on any atom is -0.467 e. The second kappa shape index (κ2) is 6.16. The highest BCUT2D eigenvalue weighted by molar-refractivity contribution is 8.01. The second-order valence-electron chi connectivity index (χ2n) is 5.74. The Kier molecular flexibility index (Phi) is 4.41. The molecular weight excluding hydrogens is 324 g/mol. The number of carbonyl (C=O) groups is 2. The van der Waals surface area contributed by atoms with Gasteiger partial charge in [0, 0.05) is 13.1 Å². The molecule has 0 bridgehead atoms. The molecule has 2 amide bonds. The number of thioether (sulfide) groups is 1. The standard InChI is InChI=1S/C15H19ClN2O3S/c1-11(16)14(20)17-6-4-15(5-7-17)18(13(19)10-22-15)9-12-3-2-8-21-12/h2-3,8,11H,4-7,9-10H2,1H3. The SMILES string of the molecule is CC(Cl)C(=O)N1CCC2(CC1)SCC(=O)N2Cc1ccco1. The highest BCUT2D eigenvalue weighted by Crippen LogP contribution is 2.45. The summed E-state index contributed by atoms with van der Waals surface area (Å²) < 4.78 is 5.38. The van der Waals surface area contributed by atoms with Gasteiger partial charge in [0.05, 0.1) is 23.4 Å². The molecule has 5 nitrogen and oxygen atoms in total. The predicted octanol–water partition coefficient (Wildman–Crippen LogP) is 2.30. The summed E-state index contributed by atoms with van der Waals surface area (Å²) in [6.45, 7) is 3.49. The Morgan fingerprint density at radius 3 is 2.82 bits per heavy atom. The van der Waals surface area contributed by atoms with E-state index in [0.717, 1.165) is 18.6 Å². The van der Waals surface area contributed by atoms with E-state index in [4.69, 9.17) is 16.0 Å². The summed E-state index contributed by atoms with van der Waals surface area (Å²) in [5.41, 5.74) is 0. The number of alkyl halides is 1. The van der Waals surface area contributed by atoms with Gasteiger partial charge in [-0.25, -0.2) is 0 Å². The number of amides is 2. The van der Waals surface area contributed by atoms with Crippen LogP contribution >= 0.6 is 23.4 Å². The first-order valence-corrected chi connectivity index (χ1v) is 8.84. The van der Waals surface area contributed by atoms with E-state index in [2.05, 4.69) is 0 Å². The number of rotatable bonds is 3. The molecule has 3 heterocycles. The first-order chi connectivity index (χ1) is 10.5. The van der Waals surface area contributed by atoms with Crippen LogP contribution in [0.1, 0.15) is 25.5 Å². The van der Waals surface area contributed by atoms with Gasteiger partial charge in [0.25, 0.3) is 0 Å². The molecule has 0 aromatic carbocycles. The van der Waals surface area contributed by atoms with Gasteiger partial charge in [0.1, 0.15) is 11.1 Å². The number of carbonyl (C=O) groups excluding carboxylic acids is 2. The fraction of sp³-hybridized carbons (Fsp3) is 0.600. The van der Waals surface area contributed by atoms with E-state index < -0.39 is 5.38 Å². The number of likely N-dealkylation sites (tertiary alicyclic amines) is 1. The molecule has 2 fully saturated rings. The van der Waals surface area contributed by atoms with E-state index in [1.165, 1.54) is 0 Å². The van der Waals surface area contributed by atoms with Crippen molar-refractivity contribution in [2.45, 2.75) is 36.6 Å². The Hall–Kier alpha value is -1.14. The summed E-state index contributed by atoms with van der Waals surface area (Å²) in [6, 6.07) is 3.72. The maximum atomic E-state index is 12.3. The van der Waals surface area contributed by atoms with E-state index in [1.807, 2.05) is 17.0 Å². The van der Waals surface area contributed by atoms with Crippen molar-refractivity contribution in [2.75, 3.05) is 18.8 Å². The van der Waals surface area contributed by atoms with Gasteiger partial charge in [0.2, 0.25) is 11.8 Å². The van der Waals surface area contributed by atoms with Crippen LogP contribution in [0, 0.1) is 0 Å². The molecule has 0 N–H and O–H groups in total. The highest BCUT2D eigenvalue weighted by Gasteiger charge is 2.48. The molecule has 2 aliphatic heterocycles. The minimum atomic E-state index is -0.494. The van der Waals surface area contributed by atoms with Crippen LogP contribution in [0.25, 0.3) is 0 Å². The summed E-state index contributed by atoms with van der Waals surface area (Å²) in [4.78, 5) is 27.8. The van der Waals surface area contributed by atoms with Crippen molar-refractivity contribution in [2.24, 2.45) is 0 Å². The van der Waals surface area contributed by atoms with Crippen LogP contribution < -0.4 is 0 Å². The lowest BCUT2D eigenvalue weighted by Crippen LogP contribution is -2.53. The minimum absolute atomic E-state index is 0.0246. The van der Waals surface area contributed by atoms with Gasteiger partial charge in [-0.1, -0.05) is 0 Å². The number of furan rings is 1. The van der Waals surface area contributed by atoms with Gasteiger partial charge in [0.15, 0.2) is 0 Å². The average Bonchev–Trinajstić information content (AvgIpc) is 3.12. The lowest BCUT2D eigenvalue weighted by Gasteiger charge is -2.44. The van der Waals surface area contributed by atoms with Crippen molar-refractivity contribution in [3.63, 3.8) is 0 Å². The number of hydrogen-bond donors (Lipinski definition) is 0. The Morgan fingerprint density at radius 1 is 1.50 bits per heavy atom. The van der Waals surface area contributed by atoms with Gasteiger partial charge in [-0.05, 0) is 31.9 Å². The normalized spacial score (nSPS) is 22.4. The third-order valence-electron chi connectivity index (χ3n) is 4.35. The lowest BCUT2D eigenvalue weighted by atomic mass is 10.0. The summed E-state index contributed by atoms with van der Waals surface area (Å²) >= 11 is 7.58. The second-order valence-corrected chi connectivity index (χ2v) is 7.73. The molecule has 1 aromatic heterocycles. The van der Waals surface area contributed by atoms with Crippen molar-refractivity contribution in [1.82, 2.24) is 9.80 Å². The molecule has 2 saturated heterocycles. The smallest absolute Gasteiger partial charge is 0.240 e. The molecule has 2 aliphatic rings. The molecule has 1 unspecified atom stereocenters. The van der Waals surface area contributed by atoms with Crippen molar-refractivity contribution in [3.8, 4) is 0 Å². The third-order valence-corrected chi connectivity index (χ3v) is 6.09. The molecule has 7 heteroatoms. The van der Waals surface area contributed by atoms with E-state index >= 15 is 0 Å². The molecule has 1 aromatic rings. The lowest BCUT2D eigenvalue weighted by molar-refractivity contribution is -0.135. The van der Waals surface area contributed by atoms with Crippen LogP contribution in [-0.2, 0) is 16.1 Å². The van der Waals surface area contributed by atoms with Crippen molar-refractivity contribution in [1.29, 1.82) is 0 Å². The maximum Gasteiger partial charge on any atom is 0.240 e. The van der Waals surface area contributed by atoms with Gasteiger partial charge >= 0.3 is 0 Å². The Balaban J connectivity index is 1.70. The Morgan fingerprint density at radius 2 is 2.23 bits per heavy atom. The molecule has 1 spiro atoms. The molecule has 1 atom stereocenters. The largest absolute Gasteiger partial charge is 0.467 e. The van der Waals surface area contributed by atoms with Crippen LogP contribution in [0.3, 0.4) is 0 Å². The zero-order valence-electron chi connectivity index (χ0n) is 12.5. The van der Waals surface area contributed by atoms with E-state index in [9.17, 15) is 9.59 Å². The molecule has 0 radical (unpaired) electrons. The summed E-state index contributed by atoms with van der Waals surface area (Å²) in [5.74, 6) is 1.42. The summed E-state index contributed by atoms with van der Waals surface area (Å²) in [6.07, 6.45) is 3.18. The monoisotopic (exact) mass is 342 g/mol. The number of nitrogens with zero attached hydrogens (tertiary/aromatic N) is 2. The van der Waals surface area contributed by atoms with E-state index in [-0.39, 0.29) is 16.7 Å². The molecule has 120 valence electrons. The van der Waals surface area contributed by atoms with E-state index in [0.29, 0.717) is 25.4 Å². The number of halogens is 1. The quantitative estimate of drug-likeness (QED) is 0.791. The van der Waals surface area contributed by atoms with Gasteiger partial charge in [-0.2, -0.15) is 0 Å². The zero-order valence-corrected chi connectivity index (χ0v) is 14.0.